The number of nitrogens with zero attached hydrogens (tertiary/aromatic N) is 4. The van der Waals surface area contributed by atoms with Gasteiger partial charge in [0.2, 0.25) is 0 Å². The van der Waals surface area contributed by atoms with E-state index in [2.05, 4.69) is 15.5 Å². The lowest BCUT2D eigenvalue weighted by molar-refractivity contribution is 0.264. The highest BCUT2D eigenvalue weighted by Crippen LogP contribution is 2.27. The first kappa shape index (κ1) is 18.7. The normalized spacial score (nSPS) is 19.8. The van der Waals surface area contributed by atoms with Gasteiger partial charge in [-0.25, -0.2) is 9.36 Å². The average Bonchev–Trinajstić information content (AvgIpc) is 3.25. The Kier molecular flexibility index (Phi) is 5.17. The number of rotatable bonds is 5. The first-order valence-corrected chi connectivity index (χ1v) is 9.92. The Hall–Kier alpha value is -2.67. The molecule has 0 unspecified atom stereocenters. The number of furan rings is 1. The van der Waals surface area contributed by atoms with Crippen molar-refractivity contribution < 1.29 is 4.42 Å². The summed E-state index contributed by atoms with van der Waals surface area (Å²) in [6.07, 6.45) is 3.90. The number of aryl methyl sites for hydroxylation is 3. The predicted octanol–water partition coefficient (Wildman–Crippen LogP) is 3.22. The molecule has 7 nitrogen and oxygen atoms in total. The van der Waals surface area contributed by atoms with E-state index in [0.717, 1.165) is 55.1 Å². The van der Waals surface area contributed by atoms with Crippen LogP contribution in [0.1, 0.15) is 54.6 Å². The molecule has 3 aromatic rings. The lowest BCUT2D eigenvalue weighted by Gasteiger charge is -2.29. The summed E-state index contributed by atoms with van der Waals surface area (Å²) in [6.45, 7) is 6.65. The van der Waals surface area contributed by atoms with E-state index in [4.69, 9.17) is 4.42 Å². The molecule has 1 saturated carbocycles. The van der Waals surface area contributed by atoms with E-state index >= 15 is 0 Å². The van der Waals surface area contributed by atoms with E-state index in [1.54, 1.807) is 21.5 Å². The van der Waals surface area contributed by atoms with Gasteiger partial charge in [-0.15, -0.1) is 5.10 Å². The zero-order valence-corrected chi connectivity index (χ0v) is 16.7. The van der Waals surface area contributed by atoms with E-state index in [-0.39, 0.29) is 11.6 Å². The van der Waals surface area contributed by atoms with Crippen molar-refractivity contribution in [3.05, 3.63) is 63.6 Å². The molecule has 1 aliphatic rings. The van der Waals surface area contributed by atoms with Crippen molar-refractivity contribution >= 4 is 0 Å². The molecule has 0 amide bonds. The Bertz CT molecular complexity index is 1010. The van der Waals surface area contributed by atoms with Crippen LogP contribution in [0.25, 0.3) is 5.82 Å². The second-order valence-electron chi connectivity index (χ2n) is 7.71. The minimum atomic E-state index is -0.0484. The molecule has 0 saturated heterocycles. The van der Waals surface area contributed by atoms with Crippen LogP contribution in [0.4, 0.5) is 0 Å². The van der Waals surface area contributed by atoms with Gasteiger partial charge in [-0.3, -0.25) is 4.79 Å². The van der Waals surface area contributed by atoms with Gasteiger partial charge < -0.3 is 9.73 Å². The zero-order valence-electron chi connectivity index (χ0n) is 16.7. The summed E-state index contributed by atoms with van der Waals surface area (Å²) in [5, 5.41) is 12.7. The number of nitrogens with one attached hydrogen (secondary N) is 1. The average molecular weight is 381 g/mol. The molecule has 28 heavy (non-hydrogen) atoms. The molecule has 0 spiro atoms. The lowest BCUT2D eigenvalue weighted by Crippen LogP contribution is -2.36. The number of hydrogen-bond acceptors (Lipinski definition) is 5. The fraction of sp³-hybridized carbons (Fsp3) is 0.476. The van der Waals surface area contributed by atoms with Gasteiger partial charge in [-0.05, 0) is 70.7 Å². The molecule has 1 N–H and O–H groups in total. The maximum atomic E-state index is 12.4. The third-order valence-corrected chi connectivity index (χ3v) is 5.44. The van der Waals surface area contributed by atoms with Crippen LogP contribution in [0.15, 0.2) is 39.5 Å². The van der Waals surface area contributed by atoms with E-state index in [9.17, 15) is 4.79 Å². The quantitative estimate of drug-likeness (QED) is 0.734. The SMILES string of the molecule is Cc1cc(C)n(-c2ccc(=O)n(C3CCC(NCc4ccc(C)o4)CC3)n2)n1. The molecule has 3 heterocycles. The van der Waals surface area contributed by atoms with E-state index in [1.165, 1.54) is 0 Å². The van der Waals surface area contributed by atoms with Gasteiger partial charge in [-0.2, -0.15) is 5.10 Å². The molecule has 0 atom stereocenters. The first-order chi connectivity index (χ1) is 13.5. The van der Waals surface area contributed by atoms with Gasteiger partial charge in [0.05, 0.1) is 18.3 Å². The van der Waals surface area contributed by atoms with Crippen molar-refractivity contribution in [2.24, 2.45) is 0 Å². The third kappa shape index (κ3) is 3.94. The van der Waals surface area contributed by atoms with Crippen molar-refractivity contribution in [2.45, 2.75) is 65.1 Å². The molecular weight excluding hydrogens is 354 g/mol. The second-order valence-corrected chi connectivity index (χ2v) is 7.71. The van der Waals surface area contributed by atoms with Crippen LogP contribution in [0.2, 0.25) is 0 Å². The van der Waals surface area contributed by atoms with E-state index in [1.807, 2.05) is 39.0 Å². The lowest BCUT2D eigenvalue weighted by atomic mass is 9.91. The molecule has 0 bridgehead atoms. The molecule has 0 aromatic carbocycles. The van der Waals surface area contributed by atoms with Crippen LogP contribution in [0.3, 0.4) is 0 Å². The van der Waals surface area contributed by atoms with Crippen LogP contribution in [-0.2, 0) is 6.54 Å². The standard InChI is InChI=1S/C21H27N5O2/c1-14-12-15(2)25(23-14)20-10-11-21(27)26(24-20)18-7-5-17(6-8-18)22-13-19-9-4-16(3)28-19/h4,9-12,17-18,22H,5-8,13H2,1-3H3. The fourth-order valence-electron chi connectivity index (χ4n) is 4.00. The van der Waals surface area contributed by atoms with Crippen molar-refractivity contribution in [1.29, 1.82) is 0 Å². The van der Waals surface area contributed by atoms with Gasteiger partial charge in [0.15, 0.2) is 5.82 Å². The zero-order chi connectivity index (χ0) is 19.7. The first-order valence-electron chi connectivity index (χ1n) is 9.92. The molecule has 4 rings (SSSR count). The Morgan fingerprint density at radius 3 is 2.50 bits per heavy atom. The number of hydrogen-bond donors (Lipinski definition) is 1. The molecule has 1 aliphatic carbocycles. The van der Waals surface area contributed by atoms with Crippen molar-refractivity contribution in [3.8, 4) is 5.82 Å². The molecule has 3 aromatic heterocycles. The summed E-state index contributed by atoms with van der Waals surface area (Å²) in [5.74, 6) is 2.60. The van der Waals surface area contributed by atoms with Gasteiger partial charge in [0.25, 0.3) is 5.56 Å². The minimum Gasteiger partial charge on any atom is -0.465 e. The Labute approximate surface area is 164 Å². The summed E-state index contributed by atoms with van der Waals surface area (Å²) < 4.78 is 9.07. The maximum absolute atomic E-state index is 12.4. The number of aromatic nitrogens is 4. The minimum absolute atomic E-state index is 0.0484. The molecule has 148 valence electrons. The summed E-state index contributed by atoms with van der Waals surface area (Å²) in [7, 11) is 0. The second kappa shape index (κ2) is 7.75. The van der Waals surface area contributed by atoms with Gasteiger partial charge in [0, 0.05) is 17.8 Å². The molecular formula is C21H27N5O2. The topological polar surface area (TPSA) is 77.9 Å². The highest BCUT2D eigenvalue weighted by molar-refractivity contribution is 5.24. The van der Waals surface area contributed by atoms with E-state index < -0.39 is 0 Å². The molecule has 1 fully saturated rings. The highest BCUT2D eigenvalue weighted by atomic mass is 16.3. The molecule has 0 radical (unpaired) electrons. The van der Waals surface area contributed by atoms with Crippen molar-refractivity contribution in [2.75, 3.05) is 0 Å². The van der Waals surface area contributed by atoms with E-state index in [0.29, 0.717) is 11.9 Å². The molecule has 7 heteroatoms. The summed E-state index contributed by atoms with van der Waals surface area (Å²) >= 11 is 0. The highest BCUT2D eigenvalue weighted by Gasteiger charge is 2.24. The summed E-state index contributed by atoms with van der Waals surface area (Å²) in [4.78, 5) is 12.4. The van der Waals surface area contributed by atoms with Gasteiger partial charge in [0.1, 0.15) is 11.5 Å². The predicted molar refractivity (Wildman–Crippen MR) is 107 cm³/mol. The Balaban J connectivity index is 1.42. The van der Waals surface area contributed by atoms with Crippen molar-refractivity contribution in [3.63, 3.8) is 0 Å². The largest absolute Gasteiger partial charge is 0.465 e. The maximum Gasteiger partial charge on any atom is 0.267 e. The van der Waals surface area contributed by atoms with Crippen LogP contribution < -0.4 is 10.9 Å². The monoisotopic (exact) mass is 381 g/mol. The summed E-state index contributed by atoms with van der Waals surface area (Å²) in [5.41, 5.74) is 1.90. The summed E-state index contributed by atoms with van der Waals surface area (Å²) in [6, 6.07) is 9.93. The van der Waals surface area contributed by atoms with Crippen molar-refractivity contribution in [1.82, 2.24) is 24.9 Å². The van der Waals surface area contributed by atoms with Crippen LogP contribution >= 0.6 is 0 Å². The van der Waals surface area contributed by atoms with Gasteiger partial charge in [-0.1, -0.05) is 0 Å². The Morgan fingerprint density at radius 1 is 1.07 bits per heavy atom. The van der Waals surface area contributed by atoms with Gasteiger partial charge >= 0.3 is 0 Å². The molecule has 0 aliphatic heterocycles. The smallest absolute Gasteiger partial charge is 0.267 e. The van der Waals surface area contributed by atoms with Crippen LogP contribution in [0, 0.1) is 20.8 Å². The third-order valence-electron chi connectivity index (χ3n) is 5.44. The fourth-order valence-corrected chi connectivity index (χ4v) is 4.00. The van der Waals surface area contributed by atoms with Crippen LogP contribution in [-0.4, -0.2) is 25.6 Å². The Morgan fingerprint density at radius 2 is 1.86 bits per heavy atom. The van der Waals surface area contributed by atoms with Crippen LogP contribution in [0.5, 0.6) is 0 Å².